The lowest BCUT2D eigenvalue weighted by Gasteiger charge is -2.16. The monoisotopic (exact) mass is 296 g/mol. The van der Waals surface area contributed by atoms with Crippen molar-refractivity contribution in [2.45, 2.75) is 12.5 Å². The van der Waals surface area contributed by atoms with Crippen LogP contribution in [-0.2, 0) is 4.79 Å². The van der Waals surface area contributed by atoms with E-state index in [0.717, 1.165) is 29.8 Å². The lowest BCUT2D eigenvalue weighted by molar-refractivity contribution is -0.117. The molecule has 0 aliphatic carbocycles. The number of carbonyl (C=O) groups is 1. The fourth-order valence-corrected chi connectivity index (χ4v) is 2.81. The Kier molecular flexibility index (Phi) is 4.51. The summed E-state index contributed by atoms with van der Waals surface area (Å²) in [4.78, 5) is 14.2. The minimum atomic E-state index is -0.301. The molecule has 0 unspecified atom stereocenters. The van der Waals surface area contributed by atoms with E-state index in [1.807, 2.05) is 59.5 Å². The molecule has 0 aromatic heterocycles. The Hall–Kier alpha value is -2.17. The molecule has 1 fully saturated rings. The van der Waals surface area contributed by atoms with Crippen LogP contribution in [0.25, 0.3) is 11.1 Å². The van der Waals surface area contributed by atoms with Gasteiger partial charge in [0, 0.05) is 24.3 Å². The molecule has 4 heteroatoms. The zero-order chi connectivity index (χ0) is 15.4. The third kappa shape index (κ3) is 3.53. The maximum Gasteiger partial charge on any atom is 0.238 e. The van der Waals surface area contributed by atoms with Gasteiger partial charge in [-0.05, 0) is 18.1 Å². The number of benzene rings is 2. The SMILES string of the molecule is O=C(CN1CC[C@H](O)C1)Nc1ccccc1-c1ccccc1. The fraction of sp³-hybridized carbons (Fsp3) is 0.278. The number of hydrogen-bond donors (Lipinski definition) is 2. The third-order valence-corrected chi connectivity index (χ3v) is 3.90. The summed E-state index contributed by atoms with van der Waals surface area (Å²) >= 11 is 0. The summed E-state index contributed by atoms with van der Waals surface area (Å²) in [6.07, 6.45) is 0.442. The van der Waals surface area contributed by atoms with Crippen LogP contribution >= 0.6 is 0 Å². The van der Waals surface area contributed by atoms with E-state index >= 15 is 0 Å². The van der Waals surface area contributed by atoms with Gasteiger partial charge in [0.15, 0.2) is 0 Å². The van der Waals surface area contributed by atoms with Crippen molar-refractivity contribution >= 4 is 11.6 Å². The number of rotatable bonds is 4. The average Bonchev–Trinajstić information content (AvgIpc) is 2.93. The lowest BCUT2D eigenvalue weighted by atomic mass is 10.0. The number of β-amino-alcohol motifs (C(OH)–C–C–N with tert-alkyl or cyclic N) is 1. The molecule has 4 nitrogen and oxygen atoms in total. The van der Waals surface area contributed by atoms with Crippen LogP contribution in [0.5, 0.6) is 0 Å². The second-order valence-electron chi connectivity index (χ2n) is 5.64. The highest BCUT2D eigenvalue weighted by Crippen LogP contribution is 2.27. The van der Waals surface area contributed by atoms with E-state index in [-0.39, 0.29) is 12.0 Å². The van der Waals surface area contributed by atoms with Crippen LogP contribution in [0.1, 0.15) is 6.42 Å². The predicted octanol–water partition coefficient (Wildman–Crippen LogP) is 2.36. The summed E-state index contributed by atoms with van der Waals surface area (Å²) in [6, 6.07) is 17.8. The van der Waals surface area contributed by atoms with Crippen LogP contribution in [0.15, 0.2) is 54.6 Å². The van der Waals surface area contributed by atoms with Crippen molar-refractivity contribution in [1.82, 2.24) is 4.90 Å². The van der Waals surface area contributed by atoms with Gasteiger partial charge in [-0.1, -0.05) is 48.5 Å². The molecule has 2 aromatic carbocycles. The number of amides is 1. The number of carbonyl (C=O) groups excluding carboxylic acids is 1. The molecule has 1 saturated heterocycles. The van der Waals surface area contributed by atoms with E-state index in [1.54, 1.807) is 0 Å². The van der Waals surface area contributed by atoms with Gasteiger partial charge < -0.3 is 10.4 Å². The summed E-state index contributed by atoms with van der Waals surface area (Å²) in [6.45, 7) is 1.67. The molecule has 2 N–H and O–H groups in total. The van der Waals surface area contributed by atoms with Gasteiger partial charge in [-0.2, -0.15) is 0 Å². The van der Waals surface area contributed by atoms with E-state index in [0.29, 0.717) is 13.1 Å². The summed E-state index contributed by atoms with van der Waals surface area (Å²) in [5.74, 6) is -0.0440. The Morgan fingerprint density at radius 3 is 2.59 bits per heavy atom. The predicted molar refractivity (Wildman–Crippen MR) is 87.6 cm³/mol. The molecule has 1 atom stereocenters. The zero-order valence-corrected chi connectivity index (χ0v) is 12.4. The van der Waals surface area contributed by atoms with Gasteiger partial charge >= 0.3 is 0 Å². The molecule has 2 aromatic rings. The number of aliphatic hydroxyl groups excluding tert-OH is 1. The second kappa shape index (κ2) is 6.73. The Morgan fingerprint density at radius 2 is 1.86 bits per heavy atom. The summed E-state index contributed by atoms with van der Waals surface area (Å²) in [5.41, 5.74) is 2.91. The third-order valence-electron chi connectivity index (χ3n) is 3.90. The normalized spacial score (nSPS) is 18.3. The van der Waals surface area contributed by atoms with Crippen LogP contribution < -0.4 is 5.32 Å². The first kappa shape index (κ1) is 14.8. The molecular weight excluding hydrogens is 276 g/mol. The first-order valence-electron chi connectivity index (χ1n) is 7.57. The Morgan fingerprint density at radius 1 is 1.14 bits per heavy atom. The van der Waals surface area contributed by atoms with Crippen LogP contribution in [0.2, 0.25) is 0 Å². The topological polar surface area (TPSA) is 52.6 Å². The average molecular weight is 296 g/mol. The van der Waals surface area contributed by atoms with Crippen molar-refractivity contribution in [3.05, 3.63) is 54.6 Å². The van der Waals surface area contributed by atoms with Crippen molar-refractivity contribution in [3.8, 4) is 11.1 Å². The molecule has 1 heterocycles. The van der Waals surface area contributed by atoms with Gasteiger partial charge in [0.05, 0.1) is 12.6 Å². The molecule has 0 radical (unpaired) electrons. The van der Waals surface area contributed by atoms with Gasteiger partial charge in [0.25, 0.3) is 0 Å². The molecule has 0 bridgehead atoms. The number of nitrogens with one attached hydrogen (secondary N) is 1. The van der Waals surface area contributed by atoms with Crippen molar-refractivity contribution in [2.75, 3.05) is 25.0 Å². The highest BCUT2D eigenvalue weighted by molar-refractivity contribution is 5.96. The number of aliphatic hydroxyl groups is 1. The van der Waals surface area contributed by atoms with Crippen LogP contribution in [-0.4, -0.2) is 41.7 Å². The van der Waals surface area contributed by atoms with Crippen molar-refractivity contribution in [1.29, 1.82) is 0 Å². The fourth-order valence-electron chi connectivity index (χ4n) is 2.81. The Bertz CT molecular complexity index is 643. The number of hydrogen-bond acceptors (Lipinski definition) is 3. The van der Waals surface area contributed by atoms with Crippen molar-refractivity contribution in [3.63, 3.8) is 0 Å². The molecule has 1 amide bonds. The van der Waals surface area contributed by atoms with Crippen LogP contribution in [0.4, 0.5) is 5.69 Å². The number of nitrogens with zero attached hydrogens (tertiary/aromatic N) is 1. The summed E-state index contributed by atoms with van der Waals surface area (Å²) in [7, 11) is 0. The molecule has 0 saturated carbocycles. The number of anilines is 1. The van der Waals surface area contributed by atoms with Gasteiger partial charge in [-0.15, -0.1) is 0 Å². The van der Waals surface area contributed by atoms with Crippen molar-refractivity contribution in [2.24, 2.45) is 0 Å². The molecule has 3 rings (SSSR count). The Balaban J connectivity index is 1.71. The van der Waals surface area contributed by atoms with Gasteiger partial charge in [0.1, 0.15) is 0 Å². The number of likely N-dealkylation sites (tertiary alicyclic amines) is 1. The Labute approximate surface area is 130 Å². The molecule has 22 heavy (non-hydrogen) atoms. The first-order valence-corrected chi connectivity index (χ1v) is 7.57. The van der Waals surface area contributed by atoms with E-state index in [9.17, 15) is 9.90 Å². The molecule has 114 valence electrons. The highest BCUT2D eigenvalue weighted by atomic mass is 16.3. The number of para-hydroxylation sites is 1. The van der Waals surface area contributed by atoms with E-state index in [1.165, 1.54) is 0 Å². The van der Waals surface area contributed by atoms with Crippen molar-refractivity contribution < 1.29 is 9.90 Å². The summed E-state index contributed by atoms with van der Waals surface area (Å²) < 4.78 is 0. The largest absolute Gasteiger partial charge is 0.392 e. The van der Waals surface area contributed by atoms with E-state index < -0.39 is 0 Å². The van der Waals surface area contributed by atoms with Gasteiger partial charge in [-0.25, -0.2) is 0 Å². The quantitative estimate of drug-likeness (QED) is 0.910. The van der Waals surface area contributed by atoms with Gasteiger partial charge in [0.2, 0.25) is 5.91 Å². The standard InChI is InChI=1S/C18H20N2O2/c21-15-10-11-20(12-15)13-18(22)19-17-9-5-4-8-16(17)14-6-2-1-3-7-14/h1-9,15,21H,10-13H2,(H,19,22)/t15-/m0/s1. The highest BCUT2D eigenvalue weighted by Gasteiger charge is 2.22. The molecule has 1 aliphatic rings. The minimum absolute atomic E-state index is 0.0440. The van der Waals surface area contributed by atoms with Crippen LogP contribution in [0.3, 0.4) is 0 Å². The molecule has 0 spiro atoms. The maximum absolute atomic E-state index is 12.2. The molecular formula is C18H20N2O2. The molecule has 1 aliphatic heterocycles. The second-order valence-corrected chi connectivity index (χ2v) is 5.64. The zero-order valence-electron chi connectivity index (χ0n) is 12.4. The van der Waals surface area contributed by atoms with Crippen LogP contribution in [0, 0.1) is 0 Å². The summed E-state index contributed by atoms with van der Waals surface area (Å²) in [5, 5.41) is 12.5. The first-order chi connectivity index (χ1) is 10.7. The minimum Gasteiger partial charge on any atom is -0.392 e. The maximum atomic E-state index is 12.2. The van der Waals surface area contributed by atoms with E-state index in [4.69, 9.17) is 0 Å². The van der Waals surface area contributed by atoms with E-state index in [2.05, 4.69) is 5.32 Å². The smallest absolute Gasteiger partial charge is 0.238 e. The lowest BCUT2D eigenvalue weighted by Crippen LogP contribution is -2.32. The van der Waals surface area contributed by atoms with Gasteiger partial charge in [-0.3, -0.25) is 9.69 Å².